The van der Waals surface area contributed by atoms with E-state index in [4.69, 9.17) is 0 Å². The summed E-state index contributed by atoms with van der Waals surface area (Å²) in [5, 5.41) is 8.14. The molecule has 23 heavy (non-hydrogen) atoms. The predicted molar refractivity (Wildman–Crippen MR) is 109 cm³/mol. The highest BCUT2D eigenvalue weighted by molar-refractivity contribution is 14.0. The third kappa shape index (κ3) is 5.31. The highest BCUT2D eigenvalue weighted by atomic mass is 127. The van der Waals surface area contributed by atoms with Crippen molar-refractivity contribution in [1.82, 2.24) is 15.6 Å². The molecule has 130 valence electrons. The van der Waals surface area contributed by atoms with Crippen LogP contribution < -0.4 is 10.6 Å². The molecule has 2 atom stereocenters. The maximum atomic E-state index is 4.45. The minimum Gasteiger partial charge on any atom is -0.353 e. The van der Waals surface area contributed by atoms with Crippen LogP contribution in [0.4, 0.5) is 0 Å². The number of thiazole rings is 1. The van der Waals surface area contributed by atoms with Crippen LogP contribution in [0.3, 0.4) is 0 Å². The van der Waals surface area contributed by atoms with Crippen LogP contribution in [0.2, 0.25) is 0 Å². The molecule has 2 fully saturated rings. The number of aliphatic imine (C=N–C) groups is 1. The quantitative estimate of drug-likeness (QED) is 0.408. The van der Waals surface area contributed by atoms with Gasteiger partial charge in [0.05, 0.1) is 6.54 Å². The monoisotopic (exact) mass is 448 g/mol. The van der Waals surface area contributed by atoms with E-state index in [9.17, 15) is 0 Å². The van der Waals surface area contributed by atoms with Crippen LogP contribution in [0.15, 0.2) is 11.2 Å². The fourth-order valence-corrected chi connectivity index (χ4v) is 4.39. The Morgan fingerprint density at radius 1 is 1.35 bits per heavy atom. The van der Waals surface area contributed by atoms with Crippen molar-refractivity contribution in [1.29, 1.82) is 0 Å². The van der Waals surface area contributed by atoms with Gasteiger partial charge in [0.1, 0.15) is 5.01 Å². The van der Waals surface area contributed by atoms with Gasteiger partial charge in [-0.2, -0.15) is 0 Å². The highest BCUT2D eigenvalue weighted by Gasteiger charge is 2.43. The van der Waals surface area contributed by atoms with Gasteiger partial charge in [-0.05, 0) is 24.7 Å². The van der Waals surface area contributed by atoms with Crippen molar-refractivity contribution < 1.29 is 0 Å². The minimum atomic E-state index is 0. The Labute approximate surface area is 161 Å². The number of guanidine groups is 1. The fraction of sp³-hybridized carbons (Fsp3) is 0.765. The molecule has 0 aromatic carbocycles. The Morgan fingerprint density at radius 3 is 2.78 bits per heavy atom. The van der Waals surface area contributed by atoms with Crippen LogP contribution in [-0.2, 0) is 13.0 Å². The Bertz CT molecular complexity index is 510. The standard InChI is InChI=1S/C17H28N4S.HI/c1-3-13-10-19-16(22-13)11-20-17(18-2)21-15-9-14(15)12-7-5-4-6-8-12;/h10,12,14-15H,3-9,11H2,1-2H3,(H2,18,20,21);1H. The fourth-order valence-electron chi connectivity index (χ4n) is 3.59. The van der Waals surface area contributed by atoms with E-state index in [1.54, 1.807) is 11.3 Å². The van der Waals surface area contributed by atoms with E-state index in [1.807, 2.05) is 13.2 Å². The smallest absolute Gasteiger partial charge is 0.191 e. The minimum absolute atomic E-state index is 0. The summed E-state index contributed by atoms with van der Waals surface area (Å²) < 4.78 is 0. The molecule has 0 amide bonds. The van der Waals surface area contributed by atoms with E-state index < -0.39 is 0 Å². The van der Waals surface area contributed by atoms with Crippen LogP contribution in [-0.4, -0.2) is 24.0 Å². The second-order valence-corrected chi connectivity index (χ2v) is 7.75. The molecule has 2 saturated carbocycles. The van der Waals surface area contributed by atoms with Crippen molar-refractivity contribution in [3.63, 3.8) is 0 Å². The van der Waals surface area contributed by atoms with Crippen LogP contribution >= 0.6 is 35.3 Å². The van der Waals surface area contributed by atoms with E-state index in [-0.39, 0.29) is 24.0 Å². The normalized spacial score (nSPS) is 24.9. The van der Waals surface area contributed by atoms with Gasteiger partial charge in [0.2, 0.25) is 0 Å². The summed E-state index contributed by atoms with van der Waals surface area (Å²) in [6, 6.07) is 0.636. The maximum absolute atomic E-state index is 4.45. The second kappa shape index (κ2) is 9.20. The third-order valence-electron chi connectivity index (χ3n) is 5.00. The Morgan fingerprint density at radius 2 is 2.13 bits per heavy atom. The molecule has 1 aromatic rings. The average molecular weight is 448 g/mol. The molecular weight excluding hydrogens is 419 g/mol. The molecule has 6 heteroatoms. The van der Waals surface area contributed by atoms with Gasteiger partial charge in [0.25, 0.3) is 0 Å². The largest absolute Gasteiger partial charge is 0.353 e. The molecule has 2 aliphatic rings. The van der Waals surface area contributed by atoms with Crippen molar-refractivity contribution in [2.24, 2.45) is 16.8 Å². The summed E-state index contributed by atoms with van der Waals surface area (Å²) in [6.45, 7) is 2.94. The van der Waals surface area contributed by atoms with Crippen molar-refractivity contribution in [3.8, 4) is 0 Å². The van der Waals surface area contributed by atoms with Gasteiger partial charge in [-0.15, -0.1) is 35.3 Å². The number of hydrogen-bond acceptors (Lipinski definition) is 3. The topological polar surface area (TPSA) is 49.3 Å². The zero-order valence-electron chi connectivity index (χ0n) is 14.2. The SMILES string of the molecule is CCc1cnc(CNC(=NC)NC2CC2C2CCCCC2)s1.I. The van der Waals surface area contributed by atoms with Gasteiger partial charge in [-0.1, -0.05) is 39.0 Å². The zero-order valence-corrected chi connectivity index (χ0v) is 17.3. The first-order valence-corrected chi connectivity index (χ1v) is 9.52. The van der Waals surface area contributed by atoms with Gasteiger partial charge in [0, 0.05) is 24.2 Å². The van der Waals surface area contributed by atoms with Gasteiger partial charge >= 0.3 is 0 Å². The van der Waals surface area contributed by atoms with E-state index in [2.05, 4.69) is 27.5 Å². The molecule has 4 nitrogen and oxygen atoms in total. The van der Waals surface area contributed by atoms with Gasteiger partial charge in [-0.3, -0.25) is 4.99 Å². The summed E-state index contributed by atoms with van der Waals surface area (Å²) in [4.78, 5) is 10.2. The molecular formula is C17H29IN4S. The number of hydrogen-bond donors (Lipinski definition) is 2. The molecule has 0 spiro atoms. The molecule has 2 unspecified atom stereocenters. The number of rotatable bonds is 5. The summed E-state index contributed by atoms with van der Waals surface area (Å²) in [6.07, 6.45) is 11.6. The molecule has 3 rings (SSSR count). The predicted octanol–water partition coefficient (Wildman–Crippen LogP) is 3.96. The summed E-state index contributed by atoms with van der Waals surface area (Å²) in [5.41, 5.74) is 0. The third-order valence-corrected chi connectivity index (χ3v) is 6.14. The lowest BCUT2D eigenvalue weighted by atomic mass is 9.85. The van der Waals surface area contributed by atoms with E-state index in [1.165, 1.54) is 43.4 Å². The first kappa shape index (κ1) is 19.0. The molecule has 2 aliphatic carbocycles. The van der Waals surface area contributed by atoms with Gasteiger partial charge < -0.3 is 10.6 Å². The zero-order chi connectivity index (χ0) is 15.4. The van der Waals surface area contributed by atoms with E-state index >= 15 is 0 Å². The molecule has 0 bridgehead atoms. The van der Waals surface area contributed by atoms with Crippen molar-refractivity contribution in [3.05, 3.63) is 16.1 Å². The molecule has 2 N–H and O–H groups in total. The lowest BCUT2D eigenvalue weighted by Gasteiger charge is -2.22. The second-order valence-electron chi connectivity index (χ2n) is 6.55. The first-order valence-electron chi connectivity index (χ1n) is 8.71. The number of aryl methyl sites for hydroxylation is 1. The molecule has 1 heterocycles. The van der Waals surface area contributed by atoms with Crippen molar-refractivity contribution in [2.45, 2.75) is 64.5 Å². The Balaban J connectivity index is 0.00000192. The lowest BCUT2D eigenvalue weighted by Crippen LogP contribution is -2.39. The number of aromatic nitrogens is 1. The van der Waals surface area contributed by atoms with Crippen LogP contribution in [0.1, 0.15) is 55.3 Å². The summed E-state index contributed by atoms with van der Waals surface area (Å²) in [7, 11) is 1.85. The average Bonchev–Trinajstić information content (AvgIpc) is 3.18. The number of halogens is 1. The summed E-state index contributed by atoms with van der Waals surface area (Å²) >= 11 is 1.79. The van der Waals surface area contributed by atoms with Crippen LogP contribution in [0.5, 0.6) is 0 Å². The Kier molecular flexibility index (Phi) is 7.59. The van der Waals surface area contributed by atoms with Gasteiger partial charge in [-0.25, -0.2) is 4.98 Å². The maximum Gasteiger partial charge on any atom is 0.191 e. The molecule has 0 aliphatic heterocycles. The molecule has 0 saturated heterocycles. The first-order chi connectivity index (χ1) is 10.8. The number of nitrogens with zero attached hydrogens (tertiary/aromatic N) is 2. The van der Waals surface area contributed by atoms with Crippen molar-refractivity contribution >= 4 is 41.3 Å². The van der Waals surface area contributed by atoms with Gasteiger partial charge in [0.15, 0.2) is 5.96 Å². The highest BCUT2D eigenvalue weighted by Crippen LogP contribution is 2.44. The van der Waals surface area contributed by atoms with E-state index in [0.717, 1.165) is 35.8 Å². The molecule has 1 aromatic heterocycles. The summed E-state index contributed by atoms with van der Waals surface area (Å²) in [5.74, 6) is 2.76. The molecule has 0 radical (unpaired) electrons. The van der Waals surface area contributed by atoms with E-state index in [0.29, 0.717) is 6.04 Å². The van der Waals surface area contributed by atoms with Crippen LogP contribution in [0, 0.1) is 11.8 Å². The van der Waals surface area contributed by atoms with Crippen LogP contribution in [0.25, 0.3) is 0 Å². The van der Waals surface area contributed by atoms with Crippen molar-refractivity contribution in [2.75, 3.05) is 7.05 Å². The lowest BCUT2D eigenvalue weighted by molar-refractivity contribution is 0.315. The number of nitrogens with one attached hydrogen (secondary N) is 2. The Hall–Kier alpha value is -0.370.